The monoisotopic (exact) mass is 290 g/mol. The lowest BCUT2D eigenvalue weighted by Crippen LogP contribution is -2.37. The molecule has 6 heteroatoms. The Kier molecular flexibility index (Phi) is 5.98. The molecular formula is C14H21F3N2O. The molecule has 0 fully saturated rings. The Hall–Kier alpha value is -1.11. The Balaban J connectivity index is 2.50. The van der Waals surface area contributed by atoms with Gasteiger partial charge in [0.1, 0.15) is 0 Å². The van der Waals surface area contributed by atoms with Gasteiger partial charge < -0.3 is 15.3 Å². The first-order valence-corrected chi connectivity index (χ1v) is 6.44. The average Bonchev–Trinajstić information content (AvgIpc) is 2.37. The standard InChI is InChI=1S/C14H21F3N2O/c1-10(19(2)3)8-18-9-13(20)11-4-6-12(7-5-11)14(15,16)17/h4-7,10,13,18,20H,8-9H2,1-3H3. The highest BCUT2D eigenvalue weighted by Gasteiger charge is 2.30. The zero-order chi connectivity index (χ0) is 15.3. The van der Waals surface area contributed by atoms with E-state index in [2.05, 4.69) is 5.32 Å². The van der Waals surface area contributed by atoms with E-state index < -0.39 is 17.8 Å². The van der Waals surface area contributed by atoms with Gasteiger partial charge >= 0.3 is 6.18 Å². The molecule has 0 aromatic heterocycles. The van der Waals surface area contributed by atoms with Crippen LogP contribution in [0.2, 0.25) is 0 Å². The largest absolute Gasteiger partial charge is 0.416 e. The van der Waals surface area contributed by atoms with Crippen LogP contribution in [-0.2, 0) is 6.18 Å². The second-order valence-corrected chi connectivity index (χ2v) is 5.11. The van der Waals surface area contributed by atoms with Gasteiger partial charge in [-0.05, 0) is 38.7 Å². The second kappa shape index (κ2) is 7.06. The molecule has 2 unspecified atom stereocenters. The molecule has 0 radical (unpaired) electrons. The summed E-state index contributed by atoms with van der Waals surface area (Å²) in [5.41, 5.74) is -0.231. The van der Waals surface area contributed by atoms with Crippen LogP contribution in [0.25, 0.3) is 0 Å². The minimum atomic E-state index is -4.34. The van der Waals surface area contributed by atoms with Crippen LogP contribution in [0.15, 0.2) is 24.3 Å². The Labute approximate surface area is 117 Å². The number of rotatable bonds is 6. The number of likely N-dealkylation sites (N-methyl/N-ethyl adjacent to an activating group) is 1. The van der Waals surface area contributed by atoms with E-state index >= 15 is 0 Å². The molecule has 0 saturated heterocycles. The fourth-order valence-corrected chi connectivity index (χ4v) is 1.62. The van der Waals surface area contributed by atoms with E-state index in [1.165, 1.54) is 12.1 Å². The molecule has 0 spiro atoms. The van der Waals surface area contributed by atoms with Crippen molar-refractivity contribution in [3.8, 4) is 0 Å². The quantitative estimate of drug-likeness (QED) is 0.844. The van der Waals surface area contributed by atoms with Gasteiger partial charge in [0.05, 0.1) is 11.7 Å². The maximum atomic E-state index is 12.4. The Morgan fingerprint density at radius 1 is 1.15 bits per heavy atom. The van der Waals surface area contributed by atoms with E-state index in [4.69, 9.17) is 0 Å². The molecule has 0 aliphatic rings. The molecule has 0 aliphatic heterocycles. The summed E-state index contributed by atoms with van der Waals surface area (Å²) in [4.78, 5) is 2.04. The Morgan fingerprint density at radius 2 is 1.70 bits per heavy atom. The van der Waals surface area contributed by atoms with Crippen LogP contribution < -0.4 is 5.32 Å². The molecule has 1 aromatic rings. The van der Waals surface area contributed by atoms with Crippen LogP contribution in [0, 0.1) is 0 Å². The normalized spacial score (nSPS) is 15.4. The summed E-state index contributed by atoms with van der Waals surface area (Å²) in [5, 5.41) is 13.0. The summed E-state index contributed by atoms with van der Waals surface area (Å²) in [7, 11) is 3.91. The van der Waals surface area contributed by atoms with Gasteiger partial charge in [-0.2, -0.15) is 13.2 Å². The fourth-order valence-electron chi connectivity index (χ4n) is 1.62. The van der Waals surface area contributed by atoms with Crippen molar-refractivity contribution in [3.63, 3.8) is 0 Å². The molecule has 0 aliphatic carbocycles. The SMILES string of the molecule is CC(CNCC(O)c1ccc(C(F)(F)F)cc1)N(C)C. The molecule has 0 saturated carbocycles. The van der Waals surface area contributed by atoms with Crippen LogP contribution in [0.3, 0.4) is 0 Å². The third-order valence-corrected chi connectivity index (χ3v) is 3.28. The molecule has 3 nitrogen and oxygen atoms in total. The molecule has 20 heavy (non-hydrogen) atoms. The molecule has 0 bridgehead atoms. The third kappa shape index (κ3) is 5.11. The highest BCUT2D eigenvalue weighted by Crippen LogP contribution is 2.29. The van der Waals surface area contributed by atoms with Gasteiger partial charge in [-0.25, -0.2) is 0 Å². The third-order valence-electron chi connectivity index (χ3n) is 3.28. The summed E-state index contributed by atoms with van der Waals surface area (Å²) in [6.45, 7) is 3.05. The molecule has 2 atom stereocenters. The van der Waals surface area contributed by atoms with Gasteiger partial charge in [0.2, 0.25) is 0 Å². The van der Waals surface area contributed by atoms with Crippen LogP contribution in [0.4, 0.5) is 13.2 Å². The van der Waals surface area contributed by atoms with Gasteiger partial charge in [0.25, 0.3) is 0 Å². The number of aliphatic hydroxyl groups excluding tert-OH is 1. The molecular weight excluding hydrogens is 269 g/mol. The highest BCUT2D eigenvalue weighted by molar-refractivity contribution is 5.26. The van der Waals surface area contributed by atoms with Crippen LogP contribution in [-0.4, -0.2) is 43.2 Å². The highest BCUT2D eigenvalue weighted by atomic mass is 19.4. The van der Waals surface area contributed by atoms with Crippen molar-refractivity contribution in [1.29, 1.82) is 0 Å². The minimum Gasteiger partial charge on any atom is -0.387 e. The number of nitrogens with one attached hydrogen (secondary N) is 1. The smallest absolute Gasteiger partial charge is 0.387 e. The van der Waals surface area contributed by atoms with E-state index in [1.54, 1.807) is 0 Å². The number of benzene rings is 1. The molecule has 0 amide bonds. The lowest BCUT2D eigenvalue weighted by Gasteiger charge is -2.21. The Morgan fingerprint density at radius 3 is 2.15 bits per heavy atom. The van der Waals surface area contributed by atoms with E-state index in [9.17, 15) is 18.3 Å². The van der Waals surface area contributed by atoms with Crippen molar-refractivity contribution < 1.29 is 18.3 Å². The number of aliphatic hydroxyl groups is 1. The van der Waals surface area contributed by atoms with Gasteiger partial charge in [-0.1, -0.05) is 12.1 Å². The Bertz CT molecular complexity index is 404. The lowest BCUT2D eigenvalue weighted by molar-refractivity contribution is -0.137. The van der Waals surface area contributed by atoms with E-state index in [1.807, 2.05) is 25.9 Å². The van der Waals surface area contributed by atoms with Gasteiger partial charge in [-0.15, -0.1) is 0 Å². The number of hydrogen-bond donors (Lipinski definition) is 2. The average molecular weight is 290 g/mol. The molecule has 1 rings (SSSR count). The number of hydrogen-bond acceptors (Lipinski definition) is 3. The lowest BCUT2D eigenvalue weighted by atomic mass is 10.1. The van der Waals surface area contributed by atoms with Crippen molar-refractivity contribution >= 4 is 0 Å². The maximum Gasteiger partial charge on any atom is 0.416 e. The topological polar surface area (TPSA) is 35.5 Å². The predicted molar refractivity (Wildman–Crippen MR) is 72.4 cm³/mol. The van der Waals surface area contributed by atoms with Gasteiger partial charge in [0.15, 0.2) is 0 Å². The van der Waals surface area contributed by atoms with Crippen molar-refractivity contribution in [2.24, 2.45) is 0 Å². The zero-order valence-electron chi connectivity index (χ0n) is 11.9. The second-order valence-electron chi connectivity index (χ2n) is 5.11. The van der Waals surface area contributed by atoms with E-state index in [0.29, 0.717) is 24.7 Å². The number of halogens is 3. The van der Waals surface area contributed by atoms with Gasteiger partial charge in [0, 0.05) is 19.1 Å². The van der Waals surface area contributed by atoms with E-state index in [0.717, 1.165) is 12.1 Å². The molecule has 114 valence electrons. The molecule has 0 heterocycles. The summed E-state index contributed by atoms with van der Waals surface area (Å²) < 4.78 is 37.2. The summed E-state index contributed by atoms with van der Waals surface area (Å²) in [5.74, 6) is 0. The number of alkyl halides is 3. The first-order chi connectivity index (χ1) is 9.21. The summed E-state index contributed by atoms with van der Waals surface area (Å²) in [6, 6.07) is 4.91. The van der Waals surface area contributed by atoms with Crippen molar-refractivity contribution in [2.75, 3.05) is 27.2 Å². The predicted octanol–water partition coefficient (Wildman–Crippen LogP) is 2.28. The van der Waals surface area contributed by atoms with E-state index in [-0.39, 0.29) is 0 Å². The summed E-state index contributed by atoms with van der Waals surface area (Å²) in [6.07, 6.45) is -5.16. The van der Waals surface area contributed by atoms with Gasteiger partial charge in [-0.3, -0.25) is 0 Å². The van der Waals surface area contributed by atoms with Crippen LogP contribution in [0.5, 0.6) is 0 Å². The van der Waals surface area contributed by atoms with Crippen molar-refractivity contribution in [3.05, 3.63) is 35.4 Å². The first kappa shape index (κ1) is 16.9. The number of nitrogens with zero attached hydrogens (tertiary/aromatic N) is 1. The maximum absolute atomic E-state index is 12.4. The van der Waals surface area contributed by atoms with Crippen LogP contribution in [0.1, 0.15) is 24.2 Å². The van der Waals surface area contributed by atoms with Crippen molar-refractivity contribution in [1.82, 2.24) is 10.2 Å². The first-order valence-electron chi connectivity index (χ1n) is 6.44. The molecule has 2 N–H and O–H groups in total. The zero-order valence-corrected chi connectivity index (χ0v) is 11.9. The minimum absolute atomic E-state index is 0.309. The van der Waals surface area contributed by atoms with Crippen LogP contribution >= 0.6 is 0 Å². The summed E-state index contributed by atoms with van der Waals surface area (Å²) >= 11 is 0. The fraction of sp³-hybridized carbons (Fsp3) is 0.571. The molecule has 1 aromatic carbocycles. The van der Waals surface area contributed by atoms with Crippen molar-refractivity contribution in [2.45, 2.75) is 25.2 Å².